The molecule has 0 bridgehead atoms. The highest BCUT2D eigenvalue weighted by molar-refractivity contribution is 5.96. The first-order valence-corrected chi connectivity index (χ1v) is 23.0. The SMILES string of the molecule is CC1(C)CCC(C)(C)c2cc(-c3cc4c(cc3N(c3ccc(-c5ccc(-c6ccccc6)cc5)cc3)c3ccc5c(c3)C(C)(C)c3ccccc3-5)C(C)(C)c3ccccc3-4)ccc21. The van der Waals surface area contributed by atoms with E-state index in [1.165, 1.54) is 113 Å². The van der Waals surface area contributed by atoms with Crippen molar-refractivity contribution >= 4 is 17.1 Å². The zero-order chi connectivity index (χ0) is 43.5. The Morgan fingerprint density at radius 2 is 0.762 bits per heavy atom. The van der Waals surface area contributed by atoms with Crippen LogP contribution in [-0.4, -0.2) is 0 Å². The van der Waals surface area contributed by atoms with Crippen molar-refractivity contribution in [1.29, 1.82) is 0 Å². The monoisotopic (exact) mass is 815 g/mol. The van der Waals surface area contributed by atoms with Crippen molar-refractivity contribution in [2.75, 3.05) is 4.90 Å². The molecule has 3 aliphatic carbocycles. The normalized spacial score (nSPS) is 16.6. The average Bonchev–Trinajstić information content (AvgIpc) is 3.67. The summed E-state index contributed by atoms with van der Waals surface area (Å²) in [4.78, 5) is 2.56. The predicted molar refractivity (Wildman–Crippen MR) is 268 cm³/mol. The first kappa shape index (κ1) is 39.4. The molecule has 0 radical (unpaired) electrons. The van der Waals surface area contributed by atoms with E-state index in [0.717, 1.165) is 5.69 Å². The lowest BCUT2D eigenvalue weighted by atomic mass is 9.63. The van der Waals surface area contributed by atoms with Crippen LogP contribution in [0.5, 0.6) is 0 Å². The molecule has 0 atom stereocenters. The zero-order valence-corrected chi connectivity index (χ0v) is 38.1. The lowest BCUT2D eigenvalue weighted by molar-refractivity contribution is 0.332. The molecule has 0 spiro atoms. The van der Waals surface area contributed by atoms with Gasteiger partial charge in [-0.2, -0.15) is 0 Å². The minimum absolute atomic E-state index is 0.0851. The van der Waals surface area contributed by atoms with E-state index >= 15 is 0 Å². The zero-order valence-electron chi connectivity index (χ0n) is 38.1. The van der Waals surface area contributed by atoms with Crippen molar-refractivity contribution in [3.63, 3.8) is 0 Å². The van der Waals surface area contributed by atoms with Gasteiger partial charge in [0.25, 0.3) is 0 Å². The van der Waals surface area contributed by atoms with Crippen molar-refractivity contribution in [2.24, 2.45) is 0 Å². The van der Waals surface area contributed by atoms with Gasteiger partial charge >= 0.3 is 0 Å². The van der Waals surface area contributed by atoms with Crippen LogP contribution in [0.15, 0.2) is 176 Å². The van der Waals surface area contributed by atoms with E-state index in [4.69, 9.17) is 0 Å². The Balaban J connectivity index is 1.13. The Morgan fingerprint density at radius 3 is 1.38 bits per heavy atom. The van der Waals surface area contributed by atoms with E-state index in [-0.39, 0.29) is 21.7 Å². The topological polar surface area (TPSA) is 3.24 Å². The van der Waals surface area contributed by atoms with E-state index in [1.54, 1.807) is 0 Å². The van der Waals surface area contributed by atoms with Gasteiger partial charge in [-0.05, 0) is 144 Å². The third-order valence-electron chi connectivity index (χ3n) is 15.4. The van der Waals surface area contributed by atoms with Crippen molar-refractivity contribution in [3.05, 3.63) is 209 Å². The van der Waals surface area contributed by atoms with Crippen LogP contribution in [-0.2, 0) is 21.7 Å². The van der Waals surface area contributed by atoms with Crippen LogP contribution in [0.2, 0.25) is 0 Å². The maximum Gasteiger partial charge on any atom is 0.0543 e. The fraction of sp³-hybridized carbons (Fsp3) is 0.226. The van der Waals surface area contributed by atoms with Crippen LogP contribution in [0, 0.1) is 0 Å². The lowest BCUT2D eigenvalue weighted by Crippen LogP contribution is -2.33. The second-order valence-corrected chi connectivity index (χ2v) is 20.8. The predicted octanol–water partition coefficient (Wildman–Crippen LogP) is 17.1. The van der Waals surface area contributed by atoms with Crippen molar-refractivity contribution in [2.45, 2.75) is 89.9 Å². The van der Waals surface area contributed by atoms with Gasteiger partial charge in [0.05, 0.1) is 5.69 Å². The van der Waals surface area contributed by atoms with Crippen molar-refractivity contribution < 1.29 is 0 Å². The van der Waals surface area contributed by atoms with Gasteiger partial charge in [-0.15, -0.1) is 0 Å². The molecule has 0 N–H and O–H groups in total. The molecule has 0 heterocycles. The van der Waals surface area contributed by atoms with Crippen molar-refractivity contribution in [1.82, 2.24) is 0 Å². The number of benzene rings is 8. The molecule has 63 heavy (non-hydrogen) atoms. The molecule has 310 valence electrons. The third-order valence-corrected chi connectivity index (χ3v) is 15.4. The van der Waals surface area contributed by atoms with Gasteiger partial charge in [0.15, 0.2) is 0 Å². The summed E-state index contributed by atoms with van der Waals surface area (Å²) in [6.07, 6.45) is 2.37. The van der Waals surface area contributed by atoms with E-state index in [9.17, 15) is 0 Å². The fourth-order valence-electron chi connectivity index (χ4n) is 11.5. The Kier molecular flexibility index (Phi) is 8.78. The number of nitrogens with zero attached hydrogens (tertiary/aromatic N) is 1. The molecule has 1 heteroatoms. The molecule has 8 aromatic carbocycles. The van der Waals surface area contributed by atoms with Crippen LogP contribution in [0.4, 0.5) is 17.1 Å². The van der Waals surface area contributed by atoms with E-state index in [1.807, 2.05) is 0 Å². The second kappa shape index (κ2) is 14.0. The maximum atomic E-state index is 2.56. The van der Waals surface area contributed by atoms with E-state index in [0.29, 0.717) is 0 Å². The maximum absolute atomic E-state index is 2.56. The number of hydrogen-bond donors (Lipinski definition) is 0. The molecule has 0 amide bonds. The average molecular weight is 816 g/mol. The summed E-state index contributed by atoms with van der Waals surface area (Å²) in [5.74, 6) is 0. The molecule has 0 aliphatic heterocycles. The standard InChI is InChI=1S/C62H57N/c1-59(2)34-35-60(3,4)57-36-44(28-33-54(57)59)50-38-51-48-19-13-15-21-53(48)62(7,8)56(51)39-58(50)63(46-31-32-49-47-18-12-14-20-52(47)61(5,6)55(49)37-46)45-29-26-43(27-30-45)42-24-22-41(23-25-42)40-16-10-9-11-17-40/h9-33,36-39H,34-35H2,1-8H3. The van der Waals surface area contributed by atoms with Crippen LogP contribution < -0.4 is 4.90 Å². The molecule has 0 saturated carbocycles. The molecule has 0 saturated heterocycles. The van der Waals surface area contributed by atoms with Crippen LogP contribution in [0.1, 0.15) is 102 Å². The molecular weight excluding hydrogens is 759 g/mol. The number of rotatable bonds is 6. The Morgan fingerprint density at radius 1 is 0.302 bits per heavy atom. The fourth-order valence-corrected chi connectivity index (χ4v) is 11.5. The van der Waals surface area contributed by atoms with Gasteiger partial charge in [0, 0.05) is 27.8 Å². The van der Waals surface area contributed by atoms with Crippen LogP contribution in [0.3, 0.4) is 0 Å². The van der Waals surface area contributed by atoms with Crippen LogP contribution in [0.25, 0.3) is 55.6 Å². The summed E-state index contributed by atoms with van der Waals surface area (Å²) in [6.45, 7) is 19.3. The van der Waals surface area contributed by atoms with Gasteiger partial charge in [-0.3, -0.25) is 0 Å². The largest absolute Gasteiger partial charge is 0.310 e. The molecule has 0 fully saturated rings. The smallest absolute Gasteiger partial charge is 0.0543 e. The first-order valence-electron chi connectivity index (χ1n) is 23.0. The minimum atomic E-state index is -0.163. The summed E-state index contributed by atoms with van der Waals surface area (Å²) in [7, 11) is 0. The molecular formula is C62H57N. The summed E-state index contributed by atoms with van der Waals surface area (Å²) < 4.78 is 0. The molecule has 0 unspecified atom stereocenters. The molecule has 3 aliphatic rings. The summed E-state index contributed by atoms with van der Waals surface area (Å²) >= 11 is 0. The quantitative estimate of drug-likeness (QED) is 0.162. The Labute approximate surface area is 375 Å². The van der Waals surface area contributed by atoms with Crippen molar-refractivity contribution in [3.8, 4) is 55.6 Å². The highest BCUT2D eigenvalue weighted by atomic mass is 15.1. The minimum Gasteiger partial charge on any atom is -0.310 e. The highest BCUT2D eigenvalue weighted by Crippen LogP contribution is 2.56. The summed E-state index contributed by atoms with van der Waals surface area (Å²) in [5.41, 5.74) is 24.7. The van der Waals surface area contributed by atoms with Gasteiger partial charge in [0.1, 0.15) is 0 Å². The highest BCUT2D eigenvalue weighted by Gasteiger charge is 2.40. The number of hydrogen-bond acceptors (Lipinski definition) is 1. The lowest BCUT2D eigenvalue weighted by Gasteiger charge is -2.42. The Bertz CT molecular complexity index is 3090. The molecule has 11 rings (SSSR count). The first-order chi connectivity index (χ1) is 30.2. The van der Waals surface area contributed by atoms with E-state index < -0.39 is 0 Å². The van der Waals surface area contributed by atoms with E-state index in [2.05, 4.69) is 236 Å². The van der Waals surface area contributed by atoms with Crippen LogP contribution >= 0.6 is 0 Å². The summed E-state index contributed by atoms with van der Waals surface area (Å²) in [5, 5.41) is 0. The number of fused-ring (bicyclic) bond motifs is 7. The van der Waals surface area contributed by atoms with Gasteiger partial charge in [0.2, 0.25) is 0 Å². The molecule has 0 aromatic heterocycles. The van der Waals surface area contributed by atoms with Gasteiger partial charge < -0.3 is 4.90 Å². The number of anilines is 3. The second-order valence-electron chi connectivity index (χ2n) is 20.8. The van der Waals surface area contributed by atoms with Gasteiger partial charge in [-0.25, -0.2) is 0 Å². The third kappa shape index (κ3) is 6.18. The summed E-state index contributed by atoms with van der Waals surface area (Å²) in [6, 6.07) is 66.7. The van der Waals surface area contributed by atoms with Gasteiger partial charge in [-0.1, -0.05) is 195 Å². The Hall–Kier alpha value is -6.44. The molecule has 1 nitrogen and oxygen atoms in total. The molecule has 8 aromatic rings.